The molecule has 0 spiro atoms. The fourth-order valence-electron chi connectivity index (χ4n) is 3.36. The molecule has 25 heavy (non-hydrogen) atoms. The molecular weight excluding hydrogens is 312 g/mol. The average Bonchev–Trinajstić information content (AvgIpc) is 3.14. The third-order valence-electron chi connectivity index (χ3n) is 4.70. The van der Waals surface area contributed by atoms with Gasteiger partial charge in [0.1, 0.15) is 5.75 Å². The van der Waals surface area contributed by atoms with Crippen LogP contribution in [0.3, 0.4) is 0 Å². The molecule has 132 valence electrons. The summed E-state index contributed by atoms with van der Waals surface area (Å²) in [5, 5.41) is 3.01. The van der Waals surface area contributed by atoms with Crippen molar-refractivity contribution in [3.8, 4) is 5.75 Å². The zero-order valence-electron chi connectivity index (χ0n) is 15.0. The standard InChI is InChI=1S/C21H26N2O2/c1-16-14-18(9-10-20(16)23-12-3-4-13-23)22-21(24)11-8-17-6-5-7-19(15-17)25-2/h5-7,9-10,14-15H,3-4,8,11-13H2,1-2H3,(H,22,24). The Hall–Kier alpha value is -2.49. The van der Waals surface area contributed by atoms with E-state index in [0.717, 1.165) is 30.1 Å². The van der Waals surface area contributed by atoms with Gasteiger partial charge in [0.05, 0.1) is 7.11 Å². The van der Waals surface area contributed by atoms with Crippen LogP contribution < -0.4 is 15.0 Å². The summed E-state index contributed by atoms with van der Waals surface area (Å²) >= 11 is 0. The molecule has 0 atom stereocenters. The van der Waals surface area contributed by atoms with Gasteiger partial charge in [-0.05, 0) is 67.6 Å². The van der Waals surface area contributed by atoms with Crippen LogP contribution in [-0.2, 0) is 11.2 Å². The molecule has 1 N–H and O–H groups in total. The van der Waals surface area contributed by atoms with Gasteiger partial charge >= 0.3 is 0 Å². The van der Waals surface area contributed by atoms with Crippen LogP contribution in [0.4, 0.5) is 11.4 Å². The maximum absolute atomic E-state index is 12.2. The molecule has 0 unspecified atom stereocenters. The van der Waals surface area contributed by atoms with Crippen molar-refractivity contribution < 1.29 is 9.53 Å². The Morgan fingerprint density at radius 3 is 2.68 bits per heavy atom. The van der Waals surface area contributed by atoms with Crippen molar-refractivity contribution >= 4 is 17.3 Å². The van der Waals surface area contributed by atoms with Gasteiger partial charge in [0.2, 0.25) is 5.91 Å². The lowest BCUT2D eigenvalue weighted by atomic mass is 10.1. The average molecular weight is 338 g/mol. The molecule has 1 saturated heterocycles. The fourth-order valence-corrected chi connectivity index (χ4v) is 3.36. The Kier molecular flexibility index (Phi) is 5.59. The number of aryl methyl sites for hydroxylation is 2. The number of benzene rings is 2. The number of nitrogens with one attached hydrogen (secondary N) is 1. The maximum atomic E-state index is 12.2. The number of hydrogen-bond acceptors (Lipinski definition) is 3. The van der Waals surface area contributed by atoms with E-state index in [4.69, 9.17) is 4.74 Å². The second-order valence-corrected chi connectivity index (χ2v) is 6.60. The minimum absolute atomic E-state index is 0.0381. The maximum Gasteiger partial charge on any atom is 0.224 e. The normalized spacial score (nSPS) is 13.8. The van der Waals surface area contributed by atoms with Crippen LogP contribution in [0.5, 0.6) is 5.75 Å². The number of hydrogen-bond donors (Lipinski definition) is 1. The van der Waals surface area contributed by atoms with Gasteiger partial charge in [-0.25, -0.2) is 0 Å². The van der Waals surface area contributed by atoms with Gasteiger partial charge in [-0.3, -0.25) is 4.79 Å². The first-order valence-electron chi connectivity index (χ1n) is 8.94. The Morgan fingerprint density at radius 2 is 1.96 bits per heavy atom. The van der Waals surface area contributed by atoms with E-state index in [1.165, 1.54) is 24.1 Å². The first kappa shape index (κ1) is 17.3. The van der Waals surface area contributed by atoms with Crippen LogP contribution in [0.15, 0.2) is 42.5 Å². The first-order valence-corrected chi connectivity index (χ1v) is 8.94. The summed E-state index contributed by atoms with van der Waals surface area (Å²) in [5.74, 6) is 0.863. The van der Waals surface area contributed by atoms with Gasteiger partial charge in [0.15, 0.2) is 0 Å². The summed E-state index contributed by atoms with van der Waals surface area (Å²) in [4.78, 5) is 14.7. The lowest BCUT2D eigenvalue weighted by Gasteiger charge is -2.20. The van der Waals surface area contributed by atoms with E-state index in [-0.39, 0.29) is 5.91 Å². The minimum atomic E-state index is 0.0381. The van der Waals surface area contributed by atoms with Crippen molar-refractivity contribution in [2.45, 2.75) is 32.6 Å². The van der Waals surface area contributed by atoms with Gasteiger partial charge in [-0.2, -0.15) is 0 Å². The lowest BCUT2D eigenvalue weighted by molar-refractivity contribution is -0.116. The number of rotatable bonds is 6. The molecule has 0 aromatic heterocycles. The zero-order chi connectivity index (χ0) is 17.6. The monoisotopic (exact) mass is 338 g/mol. The molecule has 0 saturated carbocycles. The quantitative estimate of drug-likeness (QED) is 0.859. The van der Waals surface area contributed by atoms with Gasteiger partial charge in [0.25, 0.3) is 0 Å². The van der Waals surface area contributed by atoms with Crippen LogP contribution in [0.2, 0.25) is 0 Å². The molecule has 0 radical (unpaired) electrons. The molecule has 1 aliphatic heterocycles. The molecule has 1 fully saturated rings. The number of anilines is 2. The Morgan fingerprint density at radius 1 is 1.16 bits per heavy atom. The summed E-state index contributed by atoms with van der Waals surface area (Å²) in [6.07, 6.45) is 3.69. The molecule has 4 nitrogen and oxygen atoms in total. The van der Waals surface area contributed by atoms with Crippen LogP contribution >= 0.6 is 0 Å². The Bertz CT molecular complexity index is 736. The molecule has 1 aliphatic rings. The highest BCUT2D eigenvalue weighted by Crippen LogP contribution is 2.26. The van der Waals surface area contributed by atoms with Crippen LogP contribution in [0.1, 0.15) is 30.4 Å². The second-order valence-electron chi connectivity index (χ2n) is 6.60. The van der Waals surface area contributed by atoms with E-state index in [9.17, 15) is 4.79 Å². The van der Waals surface area contributed by atoms with E-state index >= 15 is 0 Å². The smallest absolute Gasteiger partial charge is 0.224 e. The number of nitrogens with zero attached hydrogens (tertiary/aromatic N) is 1. The summed E-state index contributed by atoms with van der Waals surface area (Å²) in [6.45, 7) is 4.37. The van der Waals surface area contributed by atoms with Crippen LogP contribution in [0, 0.1) is 6.92 Å². The third kappa shape index (κ3) is 4.53. The SMILES string of the molecule is COc1cccc(CCC(=O)Nc2ccc(N3CCCC3)c(C)c2)c1. The number of carbonyl (C=O) groups excluding carboxylic acids is 1. The molecule has 1 amide bonds. The van der Waals surface area contributed by atoms with Gasteiger partial charge < -0.3 is 15.0 Å². The van der Waals surface area contributed by atoms with Crippen molar-refractivity contribution in [1.82, 2.24) is 0 Å². The third-order valence-corrected chi connectivity index (χ3v) is 4.70. The fraction of sp³-hybridized carbons (Fsp3) is 0.381. The van der Waals surface area contributed by atoms with Gasteiger partial charge in [0, 0.05) is 30.9 Å². The highest BCUT2D eigenvalue weighted by molar-refractivity contribution is 5.91. The summed E-state index contributed by atoms with van der Waals surface area (Å²) < 4.78 is 5.22. The topological polar surface area (TPSA) is 41.6 Å². The van der Waals surface area contributed by atoms with E-state index < -0.39 is 0 Å². The summed E-state index contributed by atoms with van der Waals surface area (Å²) in [6, 6.07) is 14.0. The molecule has 4 heteroatoms. The van der Waals surface area contributed by atoms with E-state index in [2.05, 4.69) is 29.3 Å². The molecule has 0 bridgehead atoms. The van der Waals surface area contributed by atoms with Gasteiger partial charge in [-0.1, -0.05) is 12.1 Å². The predicted molar refractivity (Wildman–Crippen MR) is 103 cm³/mol. The Labute approximate surface area is 149 Å². The van der Waals surface area contributed by atoms with Crippen molar-refractivity contribution in [2.24, 2.45) is 0 Å². The van der Waals surface area contributed by atoms with Crippen LogP contribution in [-0.4, -0.2) is 26.1 Å². The van der Waals surface area contributed by atoms with Crippen molar-refractivity contribution in [2.75, 3.05) is 30.4 Å². The van der Waals surface area contributed by atoms with Crippen molar-refractivity contribution in [3.63, 3.8) is 0 Å². The number of ether oxygens (including phenoxy) is 1. The second kappa shape index (κ2) is 8.06. The zero-order valence-corrected chi connectivity index (χ0v) is 15.0. The molecule has 1 heterocycles. The molecule has 2 aromatic rings. The highest BCUT2D eigenvalue weighted by Gasteiger charge is 2.14. The molecular formula is C21H26N2O2. The van der Waals surface area contributed by atoms with Crippen LogP contribution in [0.25, 0.3) is 0 Å². The van der Waals surface area contributed by atoms with E-state index in [0.29, 0.717) is 12.8 Å². The molecule has 2 aromatic carbocycles. The summed E-state index contributed by atoms with van der Waals surface area (Å²) in [5.41, 5.74) is 4.48. The minimum Gasteiger partial charge on any atom is -0.497 e. The highest BCUT2D eigenvalue weighted by atomic mass is 16.5. The van der Waals surface area contributed by atoms with E-state index in [1.807, 2.05) is 30.3 Å². The summed E-state index contributed by atoms with van der Waals surface area (Å²) in [7, 11) is 1.65. The molecule has 3 rings (SSSR count). The van der Waals surface area contributed by atoms with E-state index in [1.54, 1.807) is 7.11 Å². The van der Waals surface area contributed by atoms with Crippen molar-refractivity contribution in [3.05, 3.63) is 53.6 Å². The number of amides is 1. The first-order chi connectivity index (χ1) is 12.2. The predicted octanol–water partition coefficient (Wildman–Crippen LogP) is 4.18. The number of carbonyl (C=O) groups is 1. The number of methoxy groups -OCH3 is 1. The Balaban J connectivity index is 1.56. The molecule has 0 aliphatic carbocycles. The largest absolute Gasteiger partial charge is 0.497 e. The lowest BCUT2D eigenvalue weighted by Crippen LogP contribution is -2.19. The van der Waals surface area contributed by atoms with Crippen molar-refractivity contribution in [1.29, 1.82) is 0 Å². The van der Waals surface area contributed by atoms with Gasteiger partial charge in [-0.15, -0.1) is 0 Å².